The summed E-state index contributed by atoms with van der Waals surface area (Å²) in [6.07, 6.45) is -0.696. The Balaban J connectivity index is 1.51. The standard InChI is InChI=1S/C16H20N6O3S/c1-10-2-4-11(5-3-10)18-14(24)12-8-22(6-7-25-12)13(23)9-26-16-19-15(17)20-21-16/h2-5,12H,6-9H2,1H3,(H,18,24)(H3,17,19,20,21). The molecule has 9 nitrogen and oxygen atoms in total. The lowest BCUT2D eigenvalue weighted by molar-refractivity contribution is -0.142. The topological polar surface area (TPSA) is 126 Å². The Morgan fingerprint density at radius 2 is 2.19 bits per heavy atom. The van der Waals surface area contributed by atoms with Crippen LogP contribution in [-0.4, -0.2) is 63.4 Å². The number of hydrogen-bond donors (Lipinski definition) is 3. The second-order valence-electron chi connectivity index (χ2n) is 5.85. The van der Waals surface area contributed by atoms with E-state index in [1.165, 1.54) is 11.8 Å². The van der Waals surface area contributed by atoms with Crippen molar-refractivity contribution >= 4 is 35.2 Å². The minimum Gasteiger partial charge on any atom is -0.368 e. The molecule has 26 heavy (non-hydrogen) atoms. The van der Waals surface area contributed by atoms with E-state index in [2.05, 4.69) is 20.5 Å². The number of nitrogen functional groups attached to an aromatic ring is 1. The third-order valence-corrected chi connectivity index (χ3v) is 4.67. The van der Waals surface area contributed by atoms with Gasteiger partial charge in [0.2, 0.25) is 17.0 Å². The van der Waals surface area contributed by atoms with E-state index in [0.29, 0.717) is 24.0 Å². The number of thioether (sulfide) groups is 1. The van der Waals surface area contributed by atoms with Gasteiger partial charge in [0.15, 0.2) is 6.10 Å². The van der Waals surface area contributed by atoms with Gasteiger partial charge in [-0.1, -0.05) is 29.5 Å². The molecular weight excluding hydrogens is 356 g/mol. The third-order valence-electron chi connectivity index (χ3n) is 3.84. The van der Waals surface area contributed by atoms with E-state index >= 15 is 0 Å². The summed E-state index contributed by atoms with van der Waals surface area (Å²) in [4.78, 5) is 30.3. The normalized spacial score (nSPS) is 17.1. The van der Waals surface area contributed by atoms with Crippen molar-refractivity contribution in [1.29, 1.82) is 0 Å². The molecule has 2 aromatic rings. The molecule has 1 unspecified atom stereocenters. The lowest BCUT2D eigenvalue weighted by atomic mass is 10.2. The summed E-state index contributed by atoms with van der Waals surface area (Å²) >= 11 is 1.19. The van der Waals surface area contributed by atoms with Crippen molar-refractivity contribution in [3.63, 3.8) is 0 Å². The monoisotopic (exact) mass is 376 g/mol. The number of amides is 2. The van der Waals surface area contributed by atoms with Crippen molar-refractivity contribution in [2.45, 2.75) is 18.2 Å². The number of morpholine rings is 1. The number of rotatable bonds is 5. The van der Waals surface area contributed by atoms with Gasteiger partial charge in [-0.2, -0.15) is 4.98 Å². The number of aromatic nitrogens is 3. The summed E-state index contributed by atoms with van der Waals surface area (Å²) in [5.41, 5.74) is 7.26. The molecule has 2 amide bonds. The number of aryl methyl sites for hydroxylation is 1. The number of carbonyl (C=O) groups is 2. The van der Waals surface area contributed by atoms with Gasteiger partial charge in [0, 0.05) is 12.2 Å². The second-order valence-corrected chi connectivity index (χ2v) is 6.79. The lowest BCUT2D eigenvalue weighted by Gasteiger charge is -2.32. The number of nitrogens with zero attached hydrogens (tertiary/aromatic N) is 3. The van der Waals surface area contributed by atoms with Crippen molar-refractivity contribution in [3.05, 3.63) is 29.8 Å². The average molecular weight is 376 g/mol. The fourth-order valence-electron chi connectivity index (χ4n) is 2.43. The molecule has 1 atom stereocenters. The van der Waals surface area contributed by atoms with E-state index in [-0.39, 0.29) is 30.1 Å². The van der Waals surface area contributed by atoms with Gasteiger partial charge in [0.25, 0.3) is 5.91 Å². The van der Waals surface area contributed by atoms with Crippen LogP contribution in [0.2, 0.25) is 0 Å². The zero-order chi connectivity index (χ0) is 18.5. The molecule has 0 saturated carbocycles. The van der Waals surface area contributed by atoms with Gasteiger partial charge in [-0.15, -0.1) is 5.10 Å². The fourth-order valence-corrected chi connectivity index (χ4v) is 3.14. The van der Waals surface area contributed by atoms with Gasteiger partial charge < -0.3 is 20.7 Å². The van der Waals surface area contributed by atoms with E-state index in [0.717, 1.165) is 5.56 Å². The second kappa shape index (κ2) is 8.19. The summed E-state index contributed by atoms with van der Waals surface area (Å²) < 4.78 is 5.52. The van der Waals surface area contributed by atoms with Crippen molar-refractivity contribution in [2.75, 3.05) is 36.5 Å². The van der Waals surface area contributed by atoms with Gasteiger partial charge in [0.1, 0.15) is 0 Å². The Morgan fingerprint density at radius 3 is 2.88 bits per heavy atom. The Kier molecular flexibility index (Phi) is 5.74. The molecule has 1 aromatic carbocycles. The van der Waals surface area contributed by atoms with E-state index in [1.807, 2.05) is 31.2 Å². The smallest absolute Gasteiger partial charge is 0.255 e. The summed E-state index contributed by atoms with van der Waals surface area (Å²) in [5.74, 6) is 0.0126. The van der Waals surface area contributed by atoms with Gasteiger partial charge in [-0.05, 0) is 19.1 Å². The number of ether oxygens (including phenoxy) is 1. The molecule has 1 aliphatic heterocycles. The van der Waals surface area contributed by atoms with Crippen molar-refractivity contribution < 1.29 is 14.3 Å². The number of hydrogen-bond acceptors (Lipinski definition) is 7. The van der Waals surface area contributed by atoms with E-state index < -0.39 is 6.10 Å². The number of nitrogens with one attached hydrogen (secondary N) is 2. The number of anilines is 2. The SMILES string of the molecule is Cc1ccc(NC(=O)C2CN(C(=O)CSc3n[nH]c(N)n3)CCO2)cc1. The highest BCUT2D eigenvalue weighted by atomic mass is 32.2. The first-order valence-electron chi connectivity index (χ1n) is 8.09. The highest BCUT2D eigenvalue weighted by molar-refractivity contribution is 7.99. The molecule has 3 rings (SSSR count). The highest BCUT2D eigenvalue weighted by Crippen LogP contribution is 2.16. The Hall–Kier alpha value is -2.59. The lowest BCUT2D eigenvalue weighted by Crippen LogP contribution is -2.50. The predicted molar refractivity (Wildman–Crippen MR) is 97.6 cm³/mol. The molecule has 1 fully saturated rings. The van der Waals surface area contributed by atoms with Crippen LogP contribution in [0.15, 0.2) is 29.4 Å². The maximum atomic E-state index is 12.4. The molecule has 2 heterocycles. The molecular formula is C16H20N6O3S. The molecule has 1 saturated heterocycles. The van der Waals surface area contributed by atoms with Crippen LogP contribution < -0.4 is 11.1 Å². The fraction of sp³-hybridized carbons (Fsp3) is 0.375. The molecule has 10 heteroatoms. The molecule has 4 N–H and O–H groups in total. The maximum Gasteiger partial charge on any atom is 0.255 e. The zero-order valence-corrected chi connectivity index (χ0v) is 15.1. The van der Waals surface area contributed by atoms with Crippen LogP contribution in [0.4, 0.5) is 11.6 Å². The van der Waals surface area contributed by atoms with Gasteiger partial charge in [-0.3, -0.25) is 9.59 Å². The van der Waals surface area contributed by atoms with E-state index in [1.54, 1.807) is 4.90 Å². The van der Waals surface area contributed by atoms with Gasteiger partial charge >= 0.3 is 0 Å². The Labute approximate surface area is 154 Å². The van der Waals surface area contributed by atoms with Crippen LogP contribution in [-0.2, 0) is 14.3 Å². The van der Waals surface area contributed by atoms with E-state index in [9.17, 15) is 9.59 Å². The first kappa shape index (κ1) is 18.2. The maximum absolute atomic E-state index is 12.4. The number of benzene rings is 1. The molecule has 0 radical (unpaired) electrons. The van der Waals surface area contributed by atoms with Crippen LogP contribution in [0.3, 0.4) is 0 Å². The number of nitrogens with two attached hydrogens (primary N) is 1. The molecule has 0 bridgehead atoms. The molecule has 0 spiro atoms. The zero-order valence-electron chi connectivity index (χ0n) is 14.3. The quantitative estimate of drug-likeness (QED) is 0.654. The van der Waals surface area contributed by atoms with Crippen LogP contribution in [0.25, 0.3) is 0 Å². The molecule has 138 valence electrons. The Morgan fingerprint density at radius 1 is 1.42 bits per heavy atom. The molecule has 1 aromatic heterocycles. The number of carbonyl (C=O) groups excluding carboxylic acids is 2. The number of aromatic amines is 1. The number of H-pyrrole nitrogens is 1. The average Bonchev–Trinajstić information content (AvgIpc) is 3.07. The van der Waals surface area contributed by atoms with E-state index in [4.69, 9.17) is 10.5 Å². The Bertz CT molecular complexity index is 779. The third kappa shape index (κ3) is 4.73. The summed E-state index contributed by atoms with van der Waals surface area (Å²) in [5, 5.41) is 9.62. The predicted octanol–water partition coefficient (Wildman–Crippen LogP) is 0.654. The summed E-state index contributed by atoms with van der Waals surface area (Å²) in [7, 11) is 0. The van der Waals surface area contributed by atoms with Crippen LogP contribution in [0.1, 0.15) is 5.56 Å². The van der Waals surface area contributed by atoms with Crippen molar-refractivity contribution in [1.82, 2.24) is 20.1 Å². The van der Waals surface area contributed by atoms with Crippen LogP contribution >= 0.6 is 11.8 Å². The summed E-state index contributed by atoms with van der Waals surface area (Å²) in [6.45, 7) is 2.96. The molecule has 0 aliphatic carbocycles. The van der Waals surface area contributed by atoms with Crippen molar-refractivity contribution in [3.8, 4) is 0 Å². The van der Waals surface area contributed by atoms with Crippen LogP contribution in [0, 0.1) is 6.92 Å². The van der Waals surface area contributed by atoms with Gasteiger partial charge in [-0.25, -0.2) is 5.10 Å². The van der Waals surface area contributed by atoms with Crippen LogP contribution in [0.5, 0.6) is 0 Å². The van der Waals surface area contributed by atoms with Gasteiger partial charge in [0.05, 0.1) is 18.9 Å². The highest BCUT2D eigenvalue weighted by Gasteiger charge is 2.29. The minimum atomic E-state index is -0.696. The summed E-state index contributed by atoms with van der Waals surface area (Å²) in [6, 6.07) is 7.50. The first-order valence-corrected chi connectivity index (χ1v) is 9.07. The molecule has 1 aliphatic rings. The van der Waals surface area contributed by atoms with Crippen molar-refractivity contribution in [2.24, 2.45) is 0 Å². The largest absolute Gasteiger partial charge is 0.368 e. The first-order chi connectivity index (χ1) is 12.5. The minimum absolute atomic E-state index is 0.102.